The van der Waals surface area contributed by atoms with Crippen LogP contribution in [0.4, 0.5) is 5.13 Å². The second-order valence-electron chi connectivity index (χ2n) is 7.22. The van der Waals surface area contributed by atoms with Crippen LogP contribution in [0.3, 0.4) is 0 Å². The topological polar surface area (TPSA) is 28.2 Å². The van der Waals surface area contributed by atoms with E-state index in [1.54, 1.807) is 0 Å². The van der Waals surface area contributed by atoms with Crippen molar-refractivity contribution in [1.82, 2.24) is 10.3 Å². The first-order valence-corrected chi connectivity index (χ1v) is 9.19. The number of thiazole rings is 1. The van der Waals surface area contributed by atoms with Crippen molar-refractivity contribution < 1.29 is 0 Å². The Morgan fingerprint density at radius 1 is 1.29 bits per heavy atom. The van der Waals surface area contributed by atoms with E-state index in [-0.39, 0.29) is 5.54 Å². The van der Waals surface area contributed by atoms with Gasteiger partial charge in [0.25, 0.3) is 0 Å². The minimum absolute atomic E-state index is 0.155. The highest BCUT2D eigenvalue weighted by atomic mass is 32.1. The van der Waals surface area contributed by atoms with Gasteiger partial charge in [0.05, 0.1) is 5.69 Å². The minimum atomic E-state index is 0.155. The average Bonchev–Trinajstić information content (AvgIpc) is 2.98. The molecule has 0 radical (unpaired) electrons. The summed E-state index contributed by atoms with van der Waals surface area (Å²) in [5, 5.41) is 4.85. The van der Waals surface area contributed by atoms with Crippen LogP contribution < -0.4 is 10.2 Å². The van der Waals surface area contributed by atoms with Crippen LogP contribution in [-0.2, 0) is 13.0 Å². The molecule has 1 aliphatic heterocycles. The summed E-state index contributed by atoms with van der Waals surface area (Å²) in [7, 11) is 0. The normalized spacial score (nSPS) is 23.0. The molecule has 1 saturated heterocycles. The molecule has 1 N–H and O–H groups in total. The van der Waals surface area contributed by atoms with Gasteiger partial charge in [-0.05, 0) is 53.4 Å². The molecule has 120 valence electrons. The van der Waals surface area contributed by atoms with Crippen molar-refractivity contribution in [3.8, 4) is 0 Å². The highest BCUT2D eigenvalue weighted by Gasteiger charge is 2.32. The smallest absolute Gasteiger partial charge is 0.186 e. The van der Waals surface area contributed by atoms with Crippen molar-refractivity contribution in [1.29, 1.82) is 0 Å². The minimum Gasteiger partial charge on any atom is -0.342 e. The fraction of sp³-hybridized carbons (Fsp3) is 0.824. The number of aromatic nitrogens is 1. The molecule has 2 atom stereocenters. The molecular formula is C17H31N3S. The first kappa shape index (κ1) is 16.8. The molecule has 0 spiro atoms. The second kappa shape index (κ2) is 6.66. The van der Waals surface area contributed by atoms with E-state index < -0.39 is 0 Å². The maximum absolute atomic E-state index is 4.96. The molecule has 0 aliphatic carbocycles. The number of hydrogen-bond donors (Lipinski definition) is 1. The molecule has 0 amide bonds. The number of aryl methyl sites for hydroxylation is 1. The third kappa shape index (κ3) is 3.98. The number of anilines is 1. The van der Waals surface area contributed by atoms with Crippen LogP contribution in [0.25, 0.3) is 0 Å². The third-order valence-electron chi connectivity index (χ3n) is 4.36. The quantitative estimate of drug-likeness (QED) is 0.876. The Morgan fingerprint density at radius 2 is 2.00 bits per heavy atom. The van der Waals surface area contributed by atoms with Crippen LogP contribution in [0.5, 0.6) is 0 Å². The van der Waals surface area contributed by atoms with Gasteiger partial charge in [-0.15, -0.1) is 11.3 Å². The number of nitrogens with zero attached hydrogens (tertiary/aromatic N) is 2. The van der Waals surface area contributed by atoms with Gasteiger partial charge in [0.1, 0.15) is 0 Å². The third-order valence-corrected chi connectivity index (χ3v) is 5.47. The lowest BCUT2D eigenvalue weighted by atomic mass is 10.1. The van der Waals surface area contributed by atoms with Crippen LogP contribution in [-0.4, -0.2) is 22.6 Å². The first-order valence-electron chi connectivity index (χ1n) is 8.37. The SMILES string of the molecule is CCc1nc(N2C(C)CCC2CC)sc1CNC(C)(C)C. The van der Waals surface area contributed by atoms with E-state index in [0.717, 1.165) is 13.0 Å². The summed E-state index contributed by atoms with van der Waals surface area (Å²) in [4.78, 5) is 8.95. The lowest BCUT2D eigenvalue weighted by Crippen LogP contribution is -2.35. The lowest BCUT2D eigenvalue weighted by molar-refractivity contribution is 0.425. The van der Waals surface area contributed by atoms with Crippen LogP contribution in [0.15, 0.2) is 0 Å². The van der Waals surface area contributed by atoms with Crippen molar-refractivity contribution in [2.24, 2.45) is 0 Å². The van der Waals surface area contributed by atoms with Gasteiger partial charge in [0, 0.05) is 29.0 Å². The molecule has 1 aliphatic rings. The molecule has 3 nitrogen and oxygen atoms in total. The maximum Gasteiger partial charge on any atom is 0.186 e. The van der Waals surface area contributed by atoms with Gasteiger partial charge in [-0.1, -0.05) is 13.8 Å². The molecular weight excluding hydrogens is 278 g/mol. The molecule has 1 aromatic heterocycles. The van der Waals surface area contributed by atoms with Crippen molar-refractivity contribution in [3.05, 3.63) is 10.6 Å². The van der Waals surface area contributed by atoms with E-state index >= 15 is 0 Å². The highest BCUT2D eigenvalue weighted by Crippen LogP contribution is 2.36. The summed E-state index contributed by atoms with van der Waals surface area (Å²) in [5.74, 6) is 0. The molecule has 0 aromatic carbocycles. The summed E-state index contributed by atoms with van der Waals surface area (Å²) in [6, 6.07) is 1.31. The molecule has 4 heteroatoms. The van der Waals surface area contributed by atoms with Crippen LogP contribution in [0, 0.1) is 0 Å². The summed E-state index contributed by atoms with van der Waals surface area (Å²) >= 11 is 1.90. The number of rotatable bonds is 5. The molecule has 2 heterocycles. The fourth-order valence-electron chi connectivity index (χ4n) is 3.06. The molecule has 0 bridgehead atoms. The van der Waals surface area contributed by atoms with Crippen molar-refractivity contribution >= 4 is 16.5 Å². The van der Waals surface area contributed by atoms with Gasteiger partial charge >= 0.3 is 0 Å². The highest BCUT2D eigenvalue weighted by molar-refractivity contribution is 7.15. The van der Waals surface area contributed by atoms with E-state index in [9.17, 15) is 0 Å². The lowest BCUT2D eigenvalue weighted by Gasteiger charge is -2.27. The van der Waals surface area contributed by atoms with Crippen molar-refractivity contribution in [2.45, 2.75) is 91.4 Å². The van der Waals surface area contributed by atoms with Gasteiger partial charge in [0.15, 0.2) is 5.13 Å². The molecule has 21 heavy (non-hydrogen) atoms. The van der Waals surface area contributed by atoms with Gasteiger partial charge < -0.3 is 10.2 Å². The van der Waals surface area contributed by atoms with Crippen molar-refractivity contribution in [3.63, 3.8) is 0 Å². The predicted molar refractivity (Wildman–Crippen MR) is 93.3 cm³/mol. The summed E-state index contributed by atoms with van der Waals surface area (Å²) < 4.78 is 0. The van der Waals surface area contributed by atoms with Gasteiger partial charge in [-0.2, -0.15) is 0 Å². The Balaban J connectivity index is 2.19. The predicted octanol–water partition coefficient (Wildman–Crippen LogP) is 4.36. The first-order chi connectivity index (χ1) is 9.85. The monoisotopic (exact) mass is 309 g/mol. The van der Waals surface area contributed by atoms with Gasteiger partial charge in [-0.25, -0.2) is 4.98 Å². The van der Waals surface area contributed by atoms with E-state index in [4.69, 9.17) is 4.98 Å². The van der Waals surface area contributed by atoms with E-state index in [2.05, 4.69) is 51.8 Å². The van der Waals surface area contributed by atoms with E-state index in [0.29, 0.717) is 12.1 Å². The summed E-state index contributed by atoms with van der Waals surface area (Å²) in [6.45, 7) is 14.4. The Morgan fingerprint density at radius 3 is 2.57 bits per heavy atom. The fourth-order valence-corrected chi connectivity index (χ4v) is 4.32. The zero-order chi connectivity index (χ0) is 15.6. The summed E-state index contributed by atoms with van der Waals surface area (Å²) in [5.41, 5.74) is 1.43. The average molecular weight is 310 g/mol. The molecule has 1 fully saturated rings. The standard InChI is InChI=1S/C17H31N3S/c1-7-13-10-9-12(3)20(13)16-19-14(8-2)15(21-16)11-18-17(4,5)6/h12-13,18H,7-11H2,1-6H3. The Labute approximate surface area is 134 Å². The van der Waals surface area contributed by atoms with Crippen LogP contribution in [0.1, 0.15) is 71.4 Å². The largest absolute Gasteiger partial charge is 0.342 e. The van der Waals surface area contributed by atoms with Gasteiger partial charge in [-0.3, -0.25) is 0 Å². The van der Waals surface area contributed by atoms with E-state index in [1.165, 1.54) is 35.0 Å². The zero-order valence-corrected chi connectivity index (χ0v) is 15.3. The van der Waals surface area contributed by atoms with Crippen LogP contribution >= 0.6 is 11.3 Å². The summed E-state index contributed by atoms with van der Waals surface area (Å²) in [6.07, 6.45) is 4.86. The Kier molecular flexibility index (Phi) is 5.31. The molecule has 2 unspecified atom stereocenters. The second-order valence-corrected chi connectivity index (χ2v) is 8.28. The Bertz CT molecular complexity index is 461. The van der Waals surface area contributed by atoms with Crippen LogP contribution in [0.2, 0.25) is 0 Å². The molecule has 2 rings (SSSR count). The number of nitrogens with one attached hydrogen (secondary N) is 1. The molecule has 0 saturated carbocycles. The van der Waals surface area contributed by atoms with E-state index in [1.807, 2.05) is 11.3 Å². The maximum atomic E-state index is 4.96. The van der Waals surface area contributed by atoms with Crippen molar-refractivity contribution in [2.75, 3.05) is 4.90 Å². The zero-order valence-electron chi connectivity index (χ0n) is 14.5. The number of hydrogen-bond acceptors (Lipinski definition) is 4. The molecule has 1 aromatic rings. The Hall–Kier alpha value is -0.610. The van der Waals surface area contributed by atoms with Gasteiger partial charge in [0.2, 0.25) is 0 Å².